The van der Waals surface area contributed by atoms with Crippen molar-refractivity contribution in [3.05, 3.63) is 59.2 Å². The highest BCUT2D eigenvalue weighted by Crippen LogP contribution is 2.37. The van der Waals surface area contributed by atoms with Crippen LogP contribution in [-0.4, -0.2) is 15.1 Å². The lowest BCUT2D eigenvalue weighted by Gasteiger charge is -2.18. The van der Waals surface area contributed by atoms with Gasteiger partial charge in [0, 0.05) is 17.2 Å². The van der Waals surface area contributed by atoms with Gasteiger partial charge in [-0.15, -0.1) is 0 Å². The summed E-state index contributed by atoms with van der Waals surface area (Å²) in [6.45, 7) is 6.24. The number of phenols is 1. The van der Waals surface area contributed by atoms with Crippen molar-refractivity contribution >= 4 is 10.8 Å². The highest BCUT2D eigenvalue weighted by Gasteiger charge is 2.21. The number of fused-ring (bicyclic) bond motifs is 1. The molecule has 0 radical (unpaired) electrons. The van der Waals surface area contributed by atoms with E-state index in [9.17, 15) is 5.11 Å². The van der Waals surface area contributed by atoms with Crippen LogP contribution in [0.5, 0.6) is 5.75 Å². The van der Waals surface area contributed by atoms with E-state index in [1.807, 2.05) is 13.0 Å². The molecule has 3 aromatic rings. The number of nitrogens with one attached hydrogen (secondary N) is 1. The first-order valence-electron chi connectivity index (χ1n) is 7.83. The number of phenolic OH excluding ortho intramolecular Hbond substituents is 1. The van der Waals surface area contributed by atoms with Gasteiger partial charge in [0.2, 0.25) is 0 Å². The highest BCUT2D eigenvalue weighted by atomic mass is 16.3. The van der Waals surface area contributed by atoms with E-state index in [4.69, 9.17) is 0 Å². The maximum Gasteiger partial charge on any atom is 0.120 e. The largest absolute Gasteiger partial charge is 0.508 e. The lowest BCUT2D eigenvalue weighted by Crippen LogP contribution is -2.04. The summed E-state index contributed by atoms with van der Waals surface area (Å²) in [6.07, 6.45) is 3.76. The number of rotatable bonds is 4. The van der Waals surface area contributed by atoms with Crippen LogP contribution in [0.4, 0.5) is 0 Å². The van der Waals surface area contributed by atoms with Crippen LogP contribution < -0.4 is 0 Å². The molecule has 0 aliphatic carbocycles. The van der Waals surface area contributed by atoms with E-state index in [0.29, 0.717) is 5.75 Å². The molecular weight excluding hydrogens is 272 g/mol. The maximum atomic E-state index is 10.6. The molecule has 2 aromatic carbocycles. The van der Waals surface area contributed by atoms with Gasteiger partial charge in [0.15, 0.2) is 0 Å². The fourth-order valence-corrected chi connectivity index (χ4v) is 3.17. The van der Waals surface area contributed by atoms with E-state index < -0.39 is 0 Å². The number of benzene rings is 2. The summed E-state index contributed by atoms with van der Waals surface area (Å²) in [6, 6.07) is 10.3. The minimum Gasteiger partial charge on any atom is -0.508 e. The van der Waals surface area contributed by atoms with Gasteiger partial charge in [-0.2, -0.15) is 0 Å². The molecule has 0 amide bonds. The number of hydrogen-bond donors (Lipinski definition) is 2. The fourth-order valence-electron chi connectivity index (χ4n) is 3.17. The number of aromatic nitrogens is 2. The second-order valence-electron chi connectivity index (χ2n) is 6.00. The molecule has 0 aliphatic heterocycles. The summed E-state index contributed by atoms with van der Waals surface area (Å²) in [7, 11) is 0. The Morgan fingerprint density at radius 3 is 2.64 bits per heavy atom. The number of aromatic hydroxyl groups is 1. The number of hydrogen-bond acceptors (Lipinski definition) is 2. The van der Waals surface area contributed by atoms with E-state index >= 15 is 0 Å². The van der Waals surface area contributed by atoms with Crippen LogP contribution in [0.25, 0.3) is 10.8 Å². The third kappa shape index (κ3) is 2.59. The fraction of sp³-hybridized carbons (Fsp3) is 0.316. The van der Waals surface area contributed by atoms with Gasteiger partial charge in [-0.1, -0.05) is 37.1 Å². The molecule has 22 heavy (non-hydrogen) atoms. The summed E-state index contributed by atoms with van der Waals surface area (Å²) in [5.74, 6) is 0.517. The van der Waals surface area contributed by atoms with Crippen LogP contribution in [0.3, 0.4) is 0 Å². The Labute approximate surface area is 131 Å². The molecule has 0 aliphatic rings. The topological polar surface area (TPSA) is 48.9 Å². The smallest absolute Gasteiger partial charge is 0.120 e. The van der Waals surface area contributed by atoms with E-state index in [2.05, 4.69) is 48.1 Å². The zero-order valence-electron chi connectivity index (χ0n) is 13.4. The van der Waals surface area contributed by atoms with Gasteiger partial charge in [-0.05, 0) is 43.2 Å². The van der Waals surface area contributed by atoms with Gasteiger partial charge in [0.05, 0.1) is 12.0 Å². The lowest BCUT2D eigenvalue weighted by molar-refractivity contribution is 0.462. The van der Waals surface area contributed by atoms with Crippen molar-refractivity contribution in [2.45, 2.75) is 39.5 Å². The molecule has 0 saturated carbocycles. The van der Waals surface area contributed by atoms with Crippen LogP contribution in [0.2, 0.25) is 0 Å². The predicted molar refractivity (Wildman–Crippen MR) is 90.4 cm³/mol. The molecular formula is C19H22N2O. The summed E-state index contributed by atoms with van der Waals surface area (Å²) < 4.78 is 0. The van der Waals surface area contributed by atoms with Crippen molar-refractivity contribution in [1.29, 1.82) is 0 Å². The molecule has 114 valence electrons. The molecule has 3 heteroatoms. The highest BCUT2D eigenvalue weighted by molar-refractivity contribution is 5.86. The zero-order chi connectivity index (χ0) is 15.7. The van der Waals surface area contributed by atoms with Gasteiger partial charge >= 0.3 is 0 Å². The Hall–Kier alpha value is -2.29. The molecule has 3 rings (SSSR count). The number of aromatic amines is 1. The summed E-state index contributed by atoms with van der Waals surface area (Å²) in [4.78, 5) is 7.56. The Morgan fingerprint density at radius 1 is 1.14 bits per heavy atom. The quantitative estimate of drug-likeness (QED) is 0.725. The van der Waals surface area contributed by atoms with Crippen molar-refractivity contribution in [3.63, 3.8) is 0 Å². The average Bonchev–Trinajstić information content (AvgIpc) is 2.90. The van der Waals surface area contributed by atoms with E-state index in [-0.39, 0.29) is 5.92 Å². The van der Waals surface area contributed by atoms with E-state index in [1.165, 1.54) is 5.56 Å². The third-order valence-corrected chi connectivity index (χ3v) is 4.31. The number of imidazole rings is 1. The molecule has 1 aromatic heterocycles. The van der Waals surface area contributed by atoms with Gasteiger partial charge in [0.25, 0.3) is 0 Å². The molecule has 0 spiro atoms. The van der Waals surface area contributed by atoms with Crippen LogP contribution >= 0.6 is 0 Å². The molecule has 2 N–H and O–H groups in total. The van der Waals surface area contributed by atoms with Crippen molar-refractivity contribution in [1.82, 2.24) is 9.97 Å². The second kappa shape index (κ2) is 5.84. The predicted octanol–water partition coefficient (Wildman–Crippen LogP) is 4.82. The second-order valence-corrected chi connectivity index (χ2v) is 6.00. The molecule has 3 nitrogen and oxygen atoms in total. The molecule has 1 heterocycles. The first-order valence-corrected chi connectivity index (χ1v) is 7.83. The minimum atomic E-state index is 0.151. The lowest BCUT2D eigenvalue weighted by atomic mass is 9.88. The average molecular weight is 294 g/mol. The maximum absolute atomic E-state index is 10.6. The Kier molecular flexibility index (Phi) is 3.88. The number of nitrogens with zero attached hydrogens (tertiary/aromatic N) is 1. The molecule has 1 atom stereocenters. The molecule has 0 saturated heterocycles. The minimum absolute atomic E-state index is 0.151. The third-order valence-electron chi connectivity index (χ3n) is 4.31. The van der Waals surface area contributed by atoms with E-state index in [0.717, 1.165) is 40.6 Å². The first kappa shape index (κ1) is 14.6. The van der Waals surface area contributed by atoms with Crippen molar-refractivity contribution in [3.8, 4) is 5.75 Å². The van der Waals surface area contributed by atoms with Crippen LogP contribution in [0, 0.1) is 13.8 Å². The zero-order valence-corrected chi connectivity index (χ0v) is 13.4. The SMILES string of the molecule is CCC[C@@H](c1cc2ccc(C)cc2cc1O)c1[nH]cnc1C. The van der Waals surface area contributed by atoms with E-state index in [1.54, 1.807) is 6.33 Å². The first-order chi connectivity index (χ1) is 10.6. The molecule has 0 fully saturated rings. The van der Waals surface area contributed by atoms with Crippen LogP contribution in [0.1, 0.15) is 48.2 Å². The van der Waals surface area contributed by atoms with Crippen molar-refractivity contribution in [2.75, 3.05) is 0 Å². The van der Waals surface area contributed by atoms with Gasteiger partial charge < -0.3 is 10.1 Å². The van der Waals surface area contributed by atoms with Crippen molar-refractivity contribution < 1.29 is 5.11 Å². The Balaban J connectivity index is 2.15. The monoisotopic (exact) mass is 294 g/mol. The number of aryl methyl sites for hydroxylation is 2. The molecule has 0 bridgehead atoms. The normalized spacial score (nSPS) is 12.7. The molecule has 0 unspecified atom stereocenters. The van der Waals surface area contributed by atoms with Crippen LogP contribution in [-0.2, 0) is 0 Å². The Bertz CT molecular complexity index is 804. The summed E-state index contributed by atoms with van der Waals surface area (Å²) in [5, 5.41) is 12.8. The summed E-state index contributed by atoms with van der Waals surface area (Å²) >= 11 is 0. The standard InChI is InChI=1S/C19H22N2O/c1-4-5-16(19-13(3)20-11-21-19)17-9-14-7-6-12(2)8-15(14)10-18(17)22/h6-11,16,22H,4-5H2,1-3H3,(H,20,21)/t16-/m0/s1. The van der Waals surface area contributed by atoms with Crippen molar-refractivity contribution in [2.24, 2.45) is 0 Å². The number of H-pyrrole nitrogens is 1. The summed E-state index contributed by atoms with van der Waals surface area (Å²) in [5.41, 5.74) is 4.28. The van der Waals surface area contributed by atoms with Gasteiger partial charge in [-0.3, -0.25) is 0 Å². The Morgan fingerprint density at radius 2 is 1.95 bits per heavy atom. The van der Waals surface area contributed by atoms with Crippen LogP contribution in [0.15, 0.2) is 36.7 Å². The van der Waals surface area contributed by atoms with Gasteiger partial charge in [-0.25, -0.2) is 4.98 Å². The van der Waals surface area contributed by atoms with Gasteiger partial charge in [0.1, 0.15) is 5.75 Å².